The highest BCUT2D eigenvalue weighted by atomic mass is 32.1. The van der Waals surface area contributed by atoms with Gasteiger partial charge >= 0.3 is 0 Å². The van der Waals surface area contributed by atoms with Crippen LogP contribution in [0, 0.1) is 6.92 Å². The predicted octanol–water partition coefficient (Wildman–Crippen LogP) is 4.77. The number of hydrogen-bond donors (Lipinski definition) is 0. The number of hydrogen-bond acceptors (Lipinski definition) is 3. The molecule has 0 fully saturated rings. The first-order chi connectivity index (χ1) is 8.81. The van der Waals surface area contributed by atoms with Crippen molar-refractivity contribution >= 4 is 22.7 Å². The van der Waals surface area contributed by atoms with Crippen LogP contribution in [-0.4, -0.2) is 4.98 Å². The van der Waals surface area contributed by atoms with Crippen molar-refractivity contribution in [1.29, 1.82) is 0 Å². The van der Waals surface area contributed by atoms with Gasteiger partial charge < -0.3 is 0 Å². The first-order valence-corrected chi connectivity index (χ1v) is 7.61. The van der Waals surface area contributed by atoms with Gasteiger partial charge in [-0.15, -0.1) is 22.7 Å². The van der Waals surface area contributed by atoms with Gasteiger partial charge in [-0.2, -0.15) is 0 Å². The minimum absolute atomic E-state index is 0.928. The summed E-state index contributed by atoms with van der Waals surface area (Å²) in [4.78, 5) is 5.96. The van der Waals surface area contributed by atoms with E-state index < -0.39 is 0 Å². The molecule has 18 heavy (non-hydrogen) atoms. The molecule has 3 rings (SSSR count). The van der Waals surface area contributed by atoms with Gasteiger partial charge in [-0.3, -0.25) is 0 Å². The topological polar surface area (TPSA) is 12.9 Å². The summed E-state index contributed by atoms with van der Waals surface area (Å²) < 4.78 is 0. The van der Waals surface area contributed by atoms with E-state index in [2.05, 4.69) is 54.1 Å². The van der Waals surface area contributed by atoms with E-state index >= 15 is 0 Å². The fourth-order valence-corrected chi connectivity index (χ4v) is 3.52. The first-order valence-electron chi connectivity index (χ1n) is 5.85. The lowest BCUT2D eigenvalue weighted by Crippen LogP contribution is -1.87. The molecule has 3 heteroatoms. The van der Waals surface area contributed by atoms with E-state index in [1.54, 1.807) is 22.7 Å². The third-order valence-electron chi connectivity index (χ3n) is 2.76. The van der Waals surface area contributed by atoms with E-state index in [1.807, 2.05) is 0 Å². The molecule has 1 aromatic carbocycles. The van der Waals surface area contributed by atoms with Crippen LogP contribution >= 0.6 is 22.7 Å². The molecule has 0 aliphatic carbocycles. The summed E-state index contributed by atoms with van der Waals surface area (Å²) in [6.07, 6.45) is 0.928. The van der Waals surface area contributed by atoms with Crippen LogP contribution in [0.2, 0.25) is 0 Å². The third-order valence-corrected chi connectivity index (χ3v) is 4.50. The Morgan fingerprint density at radius 3 is 2.83 bits per heavy atom. The quantitative estimate of drug-likeness (QED) is 0.668. The van der Waals surface area contributed by atoms with Gasteiger partial charge in [-0.1, -0.05) is 35.9 Å². The molecule has 0 aliphatic heterocycles. The van der Waals surface area contributed by atoms with E-state index in [4.69, 9.17) is 4.98 Å². The lowest BCUT2D eigenvalue weighted by molar-refractivity contribution is 1.14. The average Bonchev–Trinajstić information content (AvgIpc) is 2.98. The second-order valence-electron chi connectivity index (χ2n) is 4.27. The smallest absolute Gasteiger partial charge is 0.0976 e. The SMILES string of the molecule is Cc1cccc(Cc2nc(-c3cccs3)cs2)c1. The van der Waals surface area contributed by atoms with Gasteiger partial charge in [0.25, 0.3) is 0 Å². The molecule has 0 saturated carbocycles. The molecule has 0 N–H and O–H groups in total. The lowest BCUT2D eigenvalue weighted by Gasteiger charge is -1.99. The van der Waals surface area contributed by atoms with Crippen molar-refractivity contribution in [2.45, 2.75) is 13.3 Å². The zero-order valence-corrected chi connectivity index (χ0v) is 11.7. The minimum atomic E-state index is 0.928. The Kier molecular flexibility index (Phi) is 3.26. The van der Waals surface area contributed by atoms with E-state index in [-0.39, 0.29) is 0 Å². The zero-order chi connectivity index (χ0) is 12.4. The van der Waals surface area contributed by atoms with Gasteiger partial charge in [-0.25, -0.2) is 4.98 Å². The number of thiazole rings is 1. The Morgan fingerprint density at radius 2 is 2.06 bits per heavy atom. The number of nitrogens with zero attached hydrogens (tertiary/aromatic N) is 1. The molecule has 0 spiro atoms. The van der Waals surface area contributed by atoms with Crippen LogP contribution in [0.5, 0.6) is 0 Å². The molecule has 2 aromatic heterocycles. The van der Waals surface area contributed by atoms with Crippen molar-refractivity contribution in [3.63, 3.8) is 0 Å². The Morgan fingerprint density at radius 1 is 1.11 bits per heavy atom. The van der Waals surface area contributed by atoms with Gasteiger partial charge in [0.2, 0.25) is 0 Å². The van der Waals surface area contributed by atoms with E-state index in [0.29, 0.717) is 0 Å². The van der Waals surface area contributed by atoms with Gasteiger partial charge in [0.05, 0.1) is 15.6 Å². The largest absolute Gasteiger partial charge is 0.240 e. The van der Waals surface area contributed by atoms with Crippen molar-refractivity contribution in [2.24, 2.45) is 0 Å². The maximum atomic E-state index is 4.71. The molecule has 0 saturated heterocycles. The van der Waals surface area contributed by atoms with Crippen molar-refractivity contribution in [3.8, 4) is 10.6 Å². The van der Waals surface area contributed by atoms with Crippen LogP contribution in [0.1, 0.15) is 16.1 Å². The molecule has 0 aliphatic rings. The van der Waals surface area contributed by atoms with Gasteiger partial charge in [0.1, 0.15) is 0 Å². The summed E-state index contributed by atoms with van der Waals surface area (Å²) in [6.45, 7) is 2.13. The van der Waals surface area contributed by atoms with E-state index in [1.165, 1.54) is 21.0 Å². The minimum Gasteiger partial charge on any atom is -0.240 e. The molecule has 2 heterocycles. The Labute approximate surface area is 115 Å². The Bertz CT molecular complexity index is 638. The molecular weight excluding hydrogens is 258 g/mol. The van der Waals surface area contributed by atoms with Gasteiger partial charge in [-0.05, 0) is 23.9 Å². The summed E-state index contributed by atoms with van der Waals surface area (Å²) in [5.41, 5.74) is 3.75. The highest BCUT2D eigenvalue weighted by Gasteiger charge is 2.06. The molecule has 0 unspecified atom stereocenters. The van der Waals surface area contributed by atoms with Crippen LogP contribution in [-0.2, 0) is 6.42 Å². The third kappa shape index (κ3) is 2.52. The molecular formula is C15H13NS2. The Balaban J connectivity index is 1.82. The van der Waals surface area contributed by atoms with E-state index in [9.17, 15) is 0 Å². The van der Waals surface area contributed by atoms with E-state index in [0.717, 1.165) is 12.1 Å². The van der Waals surface area contributed by atoms with Crippen LogP contribution in [0.4, 0.5) is 0 Å². The van der Waals surface area contributed by atoms with Crippen LogP contribution in [0.15, 0.2) is 47.2 Å². The molecule has 0 amide bonds. The van der Waals surface area contributed by atoms with Crippen LogP contribution in [0.3, 0.4) is 0 Å². The number of rotatable bonds is 3. The number of thiophene rings is 1. The molecule has 3 aromatic rings. The number of aromatic nitrogens is 1. The molecule has 0 radical (unpaired) electrons. The van der Waals surface area contributed by atoms with Crippen molar-refractivity contribution in [2.75, 3.05) is 0 Å². The van der Waals surface area contributed by atoms with Crippen LogP contribution in [0.25, 0.3) is 10.6 Å². The standard InChI is InChI=1S/C15H13NS2/c1-11-4-2-5-12(8-11)9-15-16-13(10-18-15)14-6-3-7-17-14/h2-8,10H,9H2,1H3. The van der Waals surface area contributed by atoms with Crippen molar-refractivity contribution in [1.82, 2.24) is 4.98 Å². The molecule has 0 atom stereocenters. The fourth-order valence-electron chi connectivity index (χ4n) is 1.93. The molecule has 90 valence electrons. The average molecular weight is 271 g/mol. The maximum Gasteiger partial charge on any atom is 0.0976 e. The second kappa shape index (κ2) is 5.04. The molecule has 0 bridgehead atoms. The van der Waals surface area contributed by atoms with Crippen molar-refractivity contribution in [3.05, 3.63) is 63.3 Å². The number of aryl methyl sites for hydroxylation is 1. The number of benzene rings is 1. The summed E-state index contributed by atoms with van der Waals surface area (Å²) in [5.74, 6) is 0. The normalized spacial score (nSPS) is 10.7. The predicted molar refractivity (Wildman–Crippen MR) is 79.4 cm³/mol. The first kappa shape index (κ1) is 11.6. The highest BCUT2D eigenvalue weighted by Crippen LogP contribution is 2.27. The molecule has 1 nitrogen and oxygen atoms in total. The fraction of sp³-hybridized carbons (Fsp3) is 0.133. The zero-order valence-electron chi connectivity index (χ0n) is 10.1. The highest BCUT2D eigenvalue weighted by molar-refractivity contribution is 7.14. The lowest BCUT2D eigenvalue weighted by atomic mass is 10.1. The maximum absolute atomic E-state index is 4.71. The van der Waals surface area contributed by atoms with Crippen molar-refractivity contribution < 1.29 is 0 Å². The summed E-state index contributed by atoms with van der Waals surface area (Å²) in [5, 5.41) is 5.43. The van der Waals surface area contributed by atoms with Gasteiger partial charge in [0.15, 0.2) is 0 Å². The second-order valence-corrected chi connectivity index (χ2v) is 6.16. The monoisotopic (exact) mass is 271 g/mol. The van der Waals surface area contributed by atoms with Gasteiger partial charge in [0, 0.05) is 11.8 Å². The summed E-state index contributed by atoms with van der Waals surface area (Å²) in [7, 11) is 0. The van der Waals surface area contributed by atoms with Crippen LogP contribution < -0.4 is 0 Å². The summed E-state index contributed by atoms with van der Waals surface area (Å²) in [6, 6.07) is 12.8. The summed E-state index contributed by atoms with van der Waals surface area (Å²) >= 11 is 3.49. The Hall–Kier alpha value is -1.45.